The van der Waals surface area contributed by atoms with Gasteiger partial charge in [0.05, 0.1) is 0 Å². The highest BCUT2D eigenvalue weighted by atomic mass is 16.6. The van der Waals surface area contributed by atoms with Gasteiger partial charge in [-0.3, -0.25) is 0 Å². The van der Waals surface area contributed by atoms with E-state index in [1.165, 1.54) is 0 Å². The van der Waals surface area contributed by atoms with Gasteiger partial charge in [-0.05, 0) is 31.4 Å². The summed E-state index contributed by atoms with van der Waals surface area (Å²) in [6, 6.07) is 6.55. The van der Waals surface area contributed by atoms with Crippen LogP contribution >= 0.6 is 0 Å². The van der Waals surface area contributed by atoms with Gasteiger partial charge in [0.15, 0.2) is 11.5 Å². The molecule has 1 unspecified atom stereocenters. The molecule has 0 aromatic heterocycles. The first-order chi connectivity index (χ1) is 8.92. The molecule has 1 aromatic carbocycles. The summed E-state index contributed by atoms with van der Waals surface area (Å²) in [4.78, 5) is 0. The molecule has 0 bridgehead atoms. The summed E-state index contributed by atoms with van der Waals surface area (Å²) in [5.74, 6) is 1.69. The maximum Gasteiger partial charge on any atom is 0.163 e. The predicted molar refractivity (Wildman–Crippen MR) is 69.5 cm³/mol. The molecule has 1 N–H and O–H groups in total. The predicted octanol–water partition coefficient (Wildman–Crippen LogP) is 2.44. The zero-order chi connectivity index (χ0) is 12.2. The molecule has 1 saturated heterocycles. The summed E-state index contributed by atoms with van der Waals surface area (Å²) in [7, 11) is 0. The number of fused-ring (bicyclic) bond motifs is 1. The number of nitrogens with one attached hydrogen (secondary N) is 1. The van der Waals surface area contributed by atoms with Crippen LogP contribution in [0.3, 0.4) is 0 Å². The topological polar surface area (TPSA) is 39.7 Å². The van der Waals surface area contributed by atoms with Gasteiger partial charge in [0.25, 0.3) is 0 Å². The maximum absolute atomic E-state index is 5.59. The van der Waals surface area contributed by atoms with Crippen LogP contribution in [-0.2, 0) is 4.74 Å². The van der Waals surface area contributed by atoms with Crippen LogP contribution in [0.2, 0.25) is 0 Å². The highest BCUT2D eigenvalue weighted by molar-refractivity contribution is 5.55. The van der Waals surface area contributed by atoms with Gasteiger partial charge in [-0.2, -0.15) is 0 Å². The third-order valence-electron chi connectivity index (χ3n) is 3.36. The fraction of sp³-hybridized carbons (Fsp3) is 0.571. The van der Waals surface area contributed by atoms with E-state index >= 15 is 0 Å². The summed E-state index contributed by atoms with van der Waals surface area (Å²) < 4.78 is 16.6. The number of ether oxygens (including phenoxy) is 3. The van der Waals surface area contributed by atoms with Gasteiger partial charge in [-0.1, -0.05) is 0 Å². The Morgan fingerprint density at radius 1 is 0.944 bits per heavy atom. The molecule has 0 amide bonds. The lowest BCUT2D eigenvalue weighted by atomic mass is 10.1. The van der Waals surface area contributed by atoms with Gasteiger partial charge in [0, 0.05) is 31.0 Å². The van der Waals surface area contributed by atoms with Crippen LogP contribution in [0.15, 0.2) is 18.2 Å². The molecule has 0 aliphatic carbocycles. The summed E-state index contributed by atoms with van der Waals surface area (Å²) >= 11 is 0. The van der Waals surface area contributed by atoms with Crippen LogP contribution in [0.5, 0.6) is 11.5 Å². The van der Waals surface area contributed by atoms with E-state index in [0.717, 1.165) is 49.7 Å². The zero-order valence-electron chi connectivity index (χ0n) is 10.5. The number of hydrogen-bond acceptors (Lipinski definition) is 4. The molecular weight excluding hydrogens is 230 g/mol. The van der Waals surface area contributed by atoms with Crippen LogP contribution in [0.4, 0.5) is 5.69 Å². The average Bonchev–Trinajstić information content (AvgIpc) is 2.67. The van der Waals surface area contributed by atoms with Crippen LogP contribution in [0.25, 0.3) is 0 Å². The van der Waals surface area contributed by atoms with E-state index in [9.17, 15) is 0 Å². The van der Waals surface area contributed by atoms with Gasteiger partial charge in [0.2, 0.25) is 0 Å². The molecule has 2 aliphatic rings. The summed E-state index contributed by atoms with van der Waals surface area (Å²) in [6.07, 6.45) is 3.35. The Bertz CT molecular complexity index is 400. The van der Waals surface area contributed by atoms with E-state index in [0.29, 0.717) is 19.3 Å². The SMILES string of the molecule is c1cc2c(cc1NC1CCCOCC1)OCCO2. The number of anilines is 1. The highest BCUT2D eigenvalue weighted by Gasteiger charge is 2.15. The van der Waals surface area contributed by atoms with Crippen molar-refractivity contribution in [2.75, 3.05) is 31.7 Å². The van der Waals surface area contributed by atoms with E-state index in [1.54, 1.807) is 0 Å². The lowest BCUT2D eigenvalue weighted by Gasteiger charge is -2.21. The molecule has 18 heavy (non-hydrogen) atoms. The molecule has 0 spiro atoms. The quantitative estimate of drug-likeness (QED) is 0.874. The number of rotatable bonds is 2. The van der Waals surface area contributed by atoms with Gasteiger partial charge in [-0.15, -0.1) is 0 Å². The molecule has 0 saturated carbocycles. The van der Waals surface area contributed by atoms with Crippen molar-refractivity contribution in [1.82, 2.24) is 0 Å². The Morgan fingerprint density at radius 2 is 1.83 bits per heavy atom. The highest BCUT2D eigenvalue weighted by Crippen LogP contribution is 2.33. The largest absolute Gasteiger partial charge is 0.486 e. The van der Waals surface area contributed by atoms with Crippen molar-refractivity contribution in [3.63, 3.8) is 0 Å². The number of hydrogen-bond donors (Lipinski definition) is 1. The third-order valence-corrected chi connectivity index (χ3v) is 3.36. The fourth-order valence-corrected chi connectivity index (χ4v) is 2.42. The first-order valence-electron chi connectivity index (χ1n) is 6.66. The Balaban J connectivity index is 1.68. The first-order valence-corrected chi connectivity index (χ1v) is 6.66. The van der Waals surface area contributed by atoms with Crippen LogP contribution in [0, 0.1) is 0 Å². The minimum Gasteiger partial charge on any atom is -0.486 e. The molecule has 1 aromatic rings. The molecule has 1 atom stereocenters. The van der Waals surface area contributed by atoms with Crippen molar-refractivity contribution < 1.29 is 14.2 Å². The summed E-state index contributed by atoms with van der Waals surface area (Å²) in [5, 5.41) is 3.56. The zero-order valence-corrected chi connectivity index (χ0v) is 10.5. The second kappa shape index (κ2) is 5.48. The van der Waals surface area contributed by atoms with Crippen molar-refractivity contribution in [1.29, 1.82) is 0 Å². The monoisotopic (exact) mass is 249 g/mol. The van der Waals surface area contributed by atoms with E-state index in [1.807, 2.05) is 12.1 Å². The Labute approximate surface area is 107 Å². The molecule has 0 radical (unpaired) electrons. The minimum atomic E-state index is 0.495. The standard InChI is InChI=1S/C14H19NO3/c1-2-11(5-7-16-6-1)15-12-3-4-13-14(10-12)18-9-8-17-13/h3-4,10-11,15H,1-2,5-9H2. The van der Waals surface area contributed by atoms with Gasteiger partial charge < -0.3 is 19.5 Å². The maximum atomic E-state index is 5.59. The minimum absolute atomic E-state index is 0.495. The molecule has 2 heterocycles. The Kier molecular flexibility index (Phi) is 3.55. The van der Waals surface area contributed by atoms with Crippen molar-refractivity contribution >= 4 is 5.69 Å². The molecular formula is C14H19NO3. The normalized spacial score (nSPS) is 23.2. The first kappa shape index (κ1) is 11.7. The van der Waals surface area contributed by atoms with Crippen molar-refractivity contribution in [3.05, 3.63) is 18.2 Å². The molecule has 3 rings (SSSR count). The second-order valence-electron chi connectivity index (χ2n) is 4.74. The number of benzene rings is 1. The molecule has 4 heteroatoms. The smallest absolute Gasteiger partial charge is 0.163 e. The average molecular weight is 249 g/mol. The van der Waals surface area contributed by atoms with Crippen LogP contribution in [-0.4, -0.2) is 32.5 Å². The molecule has 4 nitrogen and oxygen atoms in total. The van der Waals surface area contributed by atoms with Gasteiger partial charge in [0.1, 0.15) is 13.2 Å². The molecule has 98 valence electrons. The third kappa shape index (κ3) is 2.70. The lowest BCUT2D eigenvalue weighted by Crippen LogP contribution is -2.20. The van der Waals surface area contributed by atoms with Crippen LogP contribution in [0.1, 0.15) is 19.3 Å². The fourth-order valence-electron chi connectivity index (χ4n) is 2.42. The van der Waals surface area contributed by atoms with E-state index < -0.39 is 0 Å². The van der Waals surface area contributed by atoms with Crippen molar-refractivity contribution in [2.24, 2.45) is 0 Å². The van der Waals surface area contributed by atoms with Gasteiger partial charge in [-0.25, -0.2) is 0 Å². The van der Waals surface area contributed by atoms with Crippen molar-refractivity contribution in [3.8, 4) is 11.5 Å². The van der Waals surface area contributed by atoms with E-state index in [2.05, 4.69) is 11.4 Å². The Morgan fingerprint density at radius 3 is 2.78 bits per heavy atom. The summed E-state index contributed by atoms with van der Waals surface area (Å²) in [5.41, 5.74) is 1.10. The van der Waals surface area contributed by atoms with Gasteiger partial charge >= 0.3 is 0 Å². The Hall–Kier alpha value is -1.42. The van der Waals surface area contributed by atoms with E-state index in [-0.39, 0.29) is 0 Å². The van der Waals surface area contributed by atoms with Crippen LogP contribution < -0.4 is 14.8 Å². The molecule has 1 fully saturated rings. The van der Waals surface area contributed by atoms with E-state index in [4.69, 9.17) is 14.2 Å². The van der Waals surface area contributed by atoms with Crippen molar-refractivity contribution in [2.45, 2.75) is 25.3 Å². The second-order valence-corrected chi connectivity index (χ2v) is 4.74. The summed E-state index contributed by atoms with van der Waals surface area (Å²) in [6.45, 7) is 3.01. The lowest BCUT2D eigenvalue weighted by molar-refractivity contribution is 0.144. The molecule has 2 aliphatic heterocycles.